The number of thioether (sulfide) groups is 1. The molecule has 0 aliphatic carbocycles. The predicted molar refractivity (Wildman–Crippen MR) is 115 cm³/mol. The zero-order valence-corrected chi connectivity index (χ0v) is 17.1. The SMILES string of the molecule is CC(C)c1ccc(NC(=O)CSc2nccn(-c3ccc(Cl)cc3)c2=O)cc1. The second-order valence-corrected chi connectivity index (χ2v) is 7.90. The summed E-state index contributed by atoms with van der Waals surface area (Å²) in [4.78, 5) is 29.0. The van der Waals surface area contributed by atoms with Crippen LogP contribution in [0.1, 0.15) is 25.3 Å². The van der Waals surface area contributed by atoms with Crippen molar-refractivity contribution in [3.8, 4) is 5.69 Å². The number of anilines is 1. The first-order chi connectivity index (χ1) is 13.4. The van der Waals surface area contributed by atoms with Crippen LogP contribution in [-0.2, 0) is 4.79 Å². The molecule has 0 fully saturated rings. The van der Waals surface area contributed by atoms with Crippen LogP contribution in [0.4, 0.5) is 5.69 Å². The third-order valence-electron chi connectivity index (χ3n) is 4.12. The minimum absolute atomic E-state index is 0.0960. The Morgan fingerprint density at radius 2 is 1.82 bits per heavy atom. The van der Waals surface area contributed by atoms with Gasteiger partial charge in [-0.2, -0.15) is 0 Å². The third kappa shape index (κ3) is 5.03. The van der Waals surface area contributed by atoms with E-state index in [4.69, 9.17) is 11.6 Å². The summed E-state index contributed by atoms with van der Waals surface area (Å²) in [5.41, 5.74) is 2.36. The van der Waals surface area contributed by atoms with Crippen LogP contribution in [0.3, 0.4) is 0 Å². The second-order valence-electron chi connectivity index (χ2n) is 6.50. The highest BCUT2D eigenvalue weighted by atomic mass is 35.5. The minimum atomic E-state index is -0.274. The summed E-state index contributed by atoms with van der Waals surface area (Å²) in [5.74, 6) is 0.344. The Morgan fingerprint density at radius 1 is 1.14 bits per heavy atom. The maximum atomic E-state index is 12.6. The summed E-state index contributed by atoms with van der Waals surface area (Å²) < 4.78 is 1.48. The van der Waals surface area contributed by atoms with Crippen molar-refractivity contribution in [2.24, 2.45) is 0 Å². The summed E-state index contributed by atoms with van der Waals surface area (Å²) in [6.45, 7) is 4.24. The van der Waals surface area contributed by atoms with E-state index in [0.29, 0.717) is 16.6 Å². The van der Waals surface area contributed by atoms with Crippen LogP contribution in [0, 0.1) is 0 Å². The van der Waals surface area contributed by atoms with E-state index in [-0.39, 0.29) is 22.2 Å². The second kappa shape index (κ2) is 9.08. The van der Waals surface area contributed by atoms with Gasteiger partial charge in [-0.25, -0.2) is 4.98 Å². The standard InChI is InChI=1S/C21H20ClN3O2S/c1-14(2)15-3-7-17(8-4-15)24-19(26)13-28-20-21(27)25(12-11-23-20)18-9-5-16(22)6-10-18/h3-12,14H,13H2,1-2H3,(H,24,26). The molecule has 0 aliphatic rings. The average molecular weight is 414 g/mol. The van der Waals surface area contributed by atoms with E-state index in [1.54, 1.807) is 36.7 Å². The van der Waals surface area contributed by atoms with Crippen LogP contribution in [0.25, 0.3) is 5.69 Å². The van der Waals surface area contributed by atoms with Gasteiger partial charge in [0.2, 0.25) is 5.91 Å². The number of amides is 1. The first-order valence-electron chi connectivity index (χ1n) is 8.80. The fourth-order valence-corrected chi connectivity index (χ4v) is 3.40. The van der Waals surface area contributed by atoms with Crippen molar-refractivity contribution in [1.29, 1.82) is 0 Å². The number of carbonyl (C=O) groups excluding carboxylic acids is 1. The van der Waals surface area contributed by atoms with Gasteiger partial charge in [0.15, 0.2) is 5.03 Å². The summed E-state index contributed by atoms with van der Waals surface area (Å²) >= 11 is 7.01. The van der Waals surface area contributed by atoms with Gasteiger partial charge in [0, 0.05) is 28.8 Å². The molecular formula is C21H20ClN3O2S. The first-order valence-corrected chi connectivity index (χ1v) is 10.2. The Morgan fingerprint density at radius 3 is 2.46 bits per heavy atom. The molecule has 0 saturated carbocycles. The Labute approximate surface area is 172 Å². The molecular weight excluding hydrogens is 394 g/mol. The lowest BCUT2D eigenvalue weighted by molar-refractivity contribution is -0.113. The highest BCUT2D eigenvalue weighted by molar-refractivity contribution is 7.99. The number of hydrogen-bond acceptors (Lipinski definition) is 4. The van der Waals surface area contributed by atoms with Crippen LogP contribution in [-0.4, -0.2) is 21.2 Å². The van der Waals surface area contributed by atoms with Crippen LogP contribution in [0.5, 0.6) is 0 Å². The topological polar surface area (TPSA) is 64.0 Å². The van der Waals surface area contributed by atoms with Gasteiger partial charge in [-0.1, -0.05) is 49.3 Å². The maximum absolute atomic E-state index is 12.6. The molecule has 0 unspecified atom stereocenters. The van der Waals surface area contributed by atoms with Gasteiger partial charge in [-0.05, 0) is 47.9 Å². The Bertz CT molecular complexity index is 1020. The number of nitrogens with one attached hydrogen (secondary N) is 1. The smallest absolute Gasteiger partial charge is 0.287 e. The van der Waals surface area contributed by atoms with Crippen molar-refractivity contribution < 1.29 is 4.79 Å². The average Bonchev–Trinajstić information content (AvgIpc) is 2.68. The fourth-order valence-electron chi connectivity index (χ4n) is 2.58. The van der Waals surface area contributed by atoms with E-state index in [9.17, 15) is 9.59 Å². The molecule has 2 aromatic carbocycles. The molecule has 0 atom stereocenters. The van der Waals surface area contributed by atoms with Crippen LogP contribution < -0.4 is 10.9 Å². The first kappa shape index (κ1) is 20.2. The fraction of sp³-hybridized carbons (Fsp3) is 0.190. The summed E-state index contributed by atoms with van der Waals surface area (Å²) in [7, 11) is 0. The van der Waals surface area contributed by atoms with Crippen LogP contribution in [0.15, 0.2) is 70.7 Å². The van der Waals surface area contributed by atoms with Gasteiger partial charge in [0.25, 0.3) is 5.56 Å². The highest BCUT2D eigenvalue weighted by Gasteiger charge is 2.10. The van der Waals surface area contributed by atoms with Crippen molar-refractivity contribution in [3.63, 3.8) is 0 Å². The molecule has 3 rings (SSSR count). The molecule has 0 aliphatic heterocycles. The van der Waals surface area contributed by atoms with Gasteiger partial charge in [0.05, 0.1) is 5.75 Å². The van der Waals surface area contributed by atoms with Gasteiger partial charge in [-0.3, -0.25) is 14.2 Å². The van der Waals surface area contributed by atoms with Crippen LogP contribution >= 0.6 is 23.4 Å². The van der Waals surface area contributed by atoms with Gasteiger partial charge < -0.3 is 5.32 Å². The molecule has 28 heavy (non-hydrogen) atoms. The molecule has 1 heterocycles. The van der Waals surface area contributed by atoms with E-state index >= 15 is 0 Å². The molecule has 0 spiro atoms. The molecule has 1 amide bonds. The third-order valence-corrected chi connectivity index (χ3v) is 5.33. The molecule has 3 aromatic rings. The lowest BCUT2D eigenvalue weighted by atomic mass is 10.0. The molecule has 1 aromatic heterocycles. The molecule has 5 nitrogen and oxygen atoms in total. The number of nitrogens with zero attached hydrogens (tertiary/aromatic N) is 2. The molecule has 0 saturated heterocycles. The van der Waals surface area contributed by atoms with Crippen molar-refractivity contribution in [2.45, 2.75) is 24.8 Å². The number of hydrogen-bond donors (Lipinski definition) is 1. The Balaban J connectivity index is 1.65. The van der Waals surface area contributed by atoms with Crippen molar-refractivity contribution in [3.05, 3.63) is 81.9 Å². The zero-order valence-electron chi connectivity index (χ0n) is 15.6. The predicted octanol–water partition coefficient (Wildman–Crippen LogP) is 4.74. The molecule has 0 bridgehead atoms. The summed E-state index contributed by atoms with van der Waals surface area (Å²) in [6, 6.07) is 14.7. The lowest BCUT2D eigenvalue weighted by Gasteiger charge is -2.09. The van der Waals surface area contributed by atoms with E-state index in [0.717, 1.165) is 17.4 Å². The van der Waals surface area contributed by atoms with Crippen LogP contribution in [0.2, 0.25) is 5.02 Å². The van der Waals surface area contributed by atoms with E-state index in [1.807, 2.05) is 24.3 Å². The number of carbonyl (C=O) groups is 1. The van der Waals surface area contributed by atoms with E-state index in [1.165, 1.54) is 10.1 Å². The highest BCUT2D eigenvalue weighted by Crippen LogP contribution is 2.18. The summed E-state index contributed by atoms with van der Waals surface area (Å²) in [5, 5.41) is 3.70. The zero-order chi connectivity index (χ0) is 20.1. The number of benzene rings is 2. The number of rotatable bonds is 6. The van der Waals surface area contributed by atoms with E-state index in [2.05, 4.69) is 24.1 Å². The molecule has 1 N–H and O–H groups in total. The number of halogens is 1. The van der Waals surface area contributed by atoms with E-state index < -0.39 is 0 Å². The van der Waals surface area contributed by atoms with Crippen molar-refractivity contribution in [2.75, 3.05) is 11.1 Å². The minimum Gasteiger partial charge on any atom is -0.325 e. The summed E-state index contributed by atoms with van der Waals surface area (Å²) in [6.07, 6.45) is 3.13. The van der Waals surface area contributed by atoms with Crippen molar-refractivity contribution in [1.82, 2.24) is 9.55 Å². The monoisotopic (exact) mass is 413 g/mol. The molecule has 0 radical (unpaired) electrons. The molecule has 144 valence electrons. The van der Waals surface area contributed by atoms with Gasteiger partial charge in [-0.15, -0.1) is 0 Å². The van der Waals surface area contributed by atoms with Gasteiger partial charge in [0.1, 0.15) is 0 Å². The normalized spacial score (nSPS) is 10.9. The largest absolute Gasteiger partial charge is 0.325 e. The van der Waals surface area contributed by atoms with Gasteiger partial charge >= 0.3 is 0 Å². The Kier molecular flexibility index (Phi) is 6.54. The maximum Gasteiger partial charge on any atom is 0.287 e. The number of aromatic nitrogens is 2. The lowest BCUT2D eigenvalue weighted by Crippen LogP contribution is -2.22. The quantitative estimate of drug-likeness (QED) is 0.593. The van der Waals surface area contributed by atoms with Crippen molar-refractivity contribution >= 4 is 35.0 Å². The Hall–Kier alpha value is -2.57. The molecule has 7 heteroatoms.